The largest absolute Gasteiger partial charge is 0.418 e. The fourth-order valence-electron chi connectivity index (χ4n) is 3.45. The Bertz CT molecular complexity index is 838. The molecule has 1 fully saturated rings. The van der Waals surface area contributed by atoms with Crippen molar-refractivity contribution in [3.05, 3.63) is 65.2 Å². The highest BCUT2D eigenvalue weighted by molar-refractivity contribution is 7.80. The maximum atomic E-state index is 13.3. The van der Waals surface area contributed by atoms with E-state index in [-0.39, 0.29) is 10.8 Å². The molecule has 2 aromatic rings. The summed E-state index contributed by atoms with van der Waals surface area (Å²) in [6.07, 6.45) is -4.11. The Balaban J connectivity index is 1.76. The van der Waals surface area contributed by atoms with E-state index in [1.807, 2.05) is 24.3 Å². The number of halogens is 3. The van der Waals surface area contributed by atoms with Gasteiger partial charge in [0.05, 0.1) is 11.3 Å². The number of alkyl halides is 3. The number of amides is 1. The molecule has 0 spiro atoms. The van der Waals surface area contributed by atoms with E-state index in [0.29, 0.717) is 13.0 Å². The fraction of sp³-hybridized carbons (Fsp3) is 0.222. The van der Waals surface area contributed by atoms with E-state index in [4.69, 9.17) is 12.2 Å². The first-order chi connectivity index (χ1) is 11.9. The maximum absolute atomic E-state index is 13.3. The van der Waals surface area contributed by atoms with Crippen molar-refractivity contribution in [2.45, 2.75) is 25.2 Å². The van der Waals surface area contributed by atoms with Crippen molar-refractivity contribution in [2.75, 3.05) is 4.90 Å². The Morgan fingerprint density at radius 1 is 1.00 bits per heavy atom. The van der Waals surface area contributed by atoms with Crippen molar-refractivity contribution < 1.29 is 18.0 Å². The normalized spacial score (nSPS) is 19.9. The third-order valence-electron chi connectivity index (χ3n) is 4.64. The quantitative estimate of drug-likeness (QED) is 0.722. The molecule has 0 aliphatic carbocycles. The Kier molecular flexibility index (Phi) is 3.57. The van der Waals surface area contributed by atoms with Crippen molar-refractivity contribution >= 4 is 28.9 Å². The highest BCUT2D eigenvalue weighted by Crippen LogP contribution is 2.40. The van der Waals surface area contributed by atoms with Crippen molar-refractivity contribution in [1.29, 1.82) is 0 Å². The van der Waals surface area contributed by atoms with E-state index < -0.39 is 23.7 Å². The van der Waals surface area contributed by atoms with Crippen LogP contribution < -0.4 is 4.90 Å². The van der Waals surface area contributed by atoms with Gasteiger partial charge in [0.2, 0.25) is 0 Å². The van der Waals surface area contributed by atoms with Gasteiger partial charge in [0, 0.05) is 13.0 Å². The topological polar surface area (TPSA) is 23.6 Å². The Hall–Kier alpha value is -2.41. The van der Waals surface area contributed by atoms with Crippen LogP contribution in [-0.2, 0) is 23.9 Å². The van der Waals surface area contributed by atoms with Crippen molar-refractivity contribution in [3.8, 4) is 0 Å². The summed E-state index contributed by atoms with van der Waals surface area (Å²) in [4.78, 5) is 15.6. The van der Waals surface area contributed by atoms with Crippen LogP contribution in [0.2, 0.25) is 0 Å². The van der Waals surface area contributed by atoms with Crippen LogP contribution in [0.4, 0.5) is 18.9 Å². The lowest BCUT2D eigenvalue weighted by atomic mass is 9.95. The van der Waals surface area contributed by atoms with Gasteiger partial charge in [-0.1, -0.05) is 36.4 Å². The van der Waals surface area contributed by atoms with Gasteiger partial charge in [-0.05, 0) is 35.5 Å². The van der Waals surface area contributed by atoms with Crippen LogP contribution in [0.3, 0.4) is 0 Å². The Morgan fingerprint density at radius 2 is 1.64 bits per heavy atom. The lowest BCUT2D eigenvalue weighted by Crippen LogP contribution is -2.39. The molecule has 0 saturated carbocycles. The van der Waals surface area contributed by atoms with Crippen molar-refractivity contribution in [1.82, 2.24) is 4.90 Å². The molecule has 1 saturated heterocycles. The Morgan fingerprint density at radius 3 is 2.36 bits per heavy atom. The van der Waals surface area contributed by atoms with Crippen molar-refractivity contribution in [3.63, 3.8) is 0 Å². The lowest BCUT2D eigenvalue weighted by molar-refractivity contribution is -0.137. The first kappa shape index (κ1) is 16.1. The summed E-state index contributed by atoms with van der Waals surface area (Å²) < 4.78 is 40.0. The SMILES string of the molecule is O=C1C2Cc3ccccc3CN2C(=S)N1c1ccccc1C(F)(F)F. The molecular weight excluding hydrogens is 349 g/mol. The second-order valence-electron chi connectivity index (χ2n) is 6.09. The van der Waals surface area contributed by atoms with Crippen LogP contribution in [0, 0.1) is 0 Å². The highest BCUT2D eigenvalue weighted by Gasteiger charge is 2.47. The molecule has 4 rings (SSSR count). The van der Waals surface area contributed by atoms with Gasteiger partial charge in [-0.3, -0.25) is 9.69 Å². The summed E-state index contributed by atoms with van der Waals surface area (Å²) in [5.41, 5.74) is 1.01. The second kappa shape index (κ2) is 5.56. The van der Waals surface area contributed by atoms with Gasteiger partial charge in [0.15, 0.2) is 5.11 Å². The van der Waals surface area contributed by atoms with Crippen molar-refractivity contribution in [2.24, 2.45) is 0 Å². The Labute approximate surface area is 147 Å². The van der Waals surface area contributed by atoms with Gasteiger partial charge >= 0.3 is 6.18 Å². The van der Waals surface area contributed by atoms with Crippen LogP contribution in [0.1, 0.15) is 16.7 Å². The number of hydrogen-bond donors (Lipinski definition) is 0. The summed E-state index contributed by atoms with van der Waals surface area (Å²) in [5.74, 6) is -0.406. The minimum Gasteiger partial charge on any atom is -0.332 e. The van der Waals surface area contributed by atoms with Crippen LogP contribution in [0.5, 0.6) is 0 Å². The zero-order valence-electron chi connectivity index (χ0n) is 13.0. The summed E-state index contributed by atoms with van der Waals surface area (Å²) >= 11 is 5.37. The number of fused-ring (bicyclic) bond motifs is 2. The van der Waals surface area contributed by atoms with E-state index in [1.165, 1.54) is 18.2 Å². The molecule has 128 valence electrons. The van der Waals surface area contributed by atoms with Gasteiger partial charge in [0.25, 0.3) is 5.91 Å². The number of carbonyl (C=O) groups is 1. The molecule has 0 radical (unpaired) electrons. The molecule has 2 heterocycles. The molecule has 2 aliphatic rings. The van der Waals surface area contributed by atoms with E-state index in [2.05, 4.69) is 0 Å². The first-order valence-electron chi connectivity index (χ1n) is 7.75. The zero-order valence-corrected chi connectivity index (χ0v) is 13.8. The minimum absolute atomic E-state index is 0.126. The molecule has 1 atom stereocenters. The molecule has 0 aromatic heterocycles. The molecule has 2 aliphatic heterocycles. The molecule has 1 amide bonds. The standard InChI is InChI=1S/C18H13F3N2OS/c19-18(20,21)13-7-3-4-8-14(13)23-16(24)15-9-11-5-1-2-6-12(11)10-22(15)17(23)25/h1-8,15H,9-10H2. The van der Waals surface area contributed by atoms with E-state index in [1.54, 1.807) is 4.90 Å². The number of thiocarbonyl (C=S) groups is 1. The monoisotopic (exact) mass is 362 g/mol. The predicted molar refractivity (Wildman–Crippen MR) is 91.0 cm³/mol. The van der Waals surface area contributed by atoms with Gasteiger partial charge in [-0.25, -0.2) is 0 Å². The zero-order chi connectivity index (χ0) is 17.8. The van der Waals surface area contributed by atoms with Gasteiger partial charge in [-0.15, -0.1) is 0 Å². The molecule has 1 unspecified atom stereocenters. The number of anilines is 1. The average molecular weight is 362 g/mol. The maximum Gasteiger partial charge on any atom is 0.418 e. The van der Waals surface area contributed by atoms with E-state index >= 15 is 0 Å². The fourth-order valence-corrected chi connectivity index (χ4v) is 3.83. The lowest BCUT2D eigenvalue weighted by Gasteiger charge is -2.30. The van der Waals surface area contributed by atoms with Gasteiger partial charge < -0.3 is 4.90 Å². The number of nitrogens with zero attached hydrogens (tertiary/aromatic N) is 2. The van der Waals surface area contributed by atoms with Gasteiger partial charge in [0.1, 0.15) is 6.04 Å². The molecule has 2 aromatic carbocycles. The third kappa shape index (κ3) is 2.50. The molecule has 7 heteroatoms. The van der Waals surface area contributed by atoms with Crippen LogP contribution in [0.25, 0.3) is 0 Å². The average Bonchev–Trinajstić information content (AvgIpc) is 2.83. The first-order valence-corrected chi connectivity index (χ1v) is 8.16. The summed E-state index contributed by atoms with van der Waals surface area (Å²) in [6.45, 7) is 0.427. The molecule has 0 N–H and O–H groups in total. The second-order valence-corrected chi connectivity index (χ2v) is 6.45. The minimum atomic E-state index is -4.56. The molecular formula is C18H13F3N2OS. The highest BCUT2D eigenvalue weighted by atomic mass is 32.1. The smallest absolute Gasteiger partial charge is 0.332 e. The number of hydrogen-bond acceptors (Lipinski definition) is 2. The summed E-state index contributed by atoms with van der Waals surface area (Å²) in [5, 5.41) is 0.126. The van der Waals surface area contributed by atoms with E-state index in [0.717, 1.165) is 22.1 Å². The third-order valence-corrected chi connectivity index (χ3v) is 5.06. The van der Waals surface area contributed by atoms with Gasteiger partial charge in [-0.2, -0.15) is 13.2 Å². The van der Waals surface area contributed by atoms with Crippen LogP contribution in [0.15, 0.2) is 48.5 Å². The van der Waals surface area contributed by atoms with Crippen LogP contribution >= 0.6 is 12.2 Å². The number of benzene rings is 2. The number of para-hydroxylation sites is 1. The molecule has 3 nitrogen and oxygen atoms in total. The summed E-state index contributed by atoms with van der Waals surface area (Å²) in [6, 6.07) is 12.2. The number of rotatable bonds is 1. The summed E-state index contributed by atoms with van der Waals surface area (Å²) in [7, 11) is 0. The number of carbonyl (C=O) groups excluding carboxylic acids is 1. The predicted octanol–water partition coefficient (Wildman–Crippen LogP) is 3.76. The molecule has 25 heavy (non-hydrogen) atoms. The van der Waals surface area contributed by atoms with Crippen LogP contribution in [-0.4, -0.2) is 22.0 Å². The van der Waals surface area contributed by atoms with E-state index in [9.17, 15) is 18.0 Å². The molecule has 0 bridgehead atoms.